The van der Waals surface area contributed by atoms with Crippen molar-refractivity contribution in [1.29, 1.82) is 0 Å². The Morgan fingerprint density at radius 2 is 1.71 bits per heavy atom. The molecule has 7 nitrogen and oxygen atoms in total. The van der Waals surface area contributed by atoms with Crippen LogP contribution in [0.2, 0.25) is 0 Å². The Bertz CT molecular complexity index is 959. The van der Waals surface area contributed by atoms with Gasteiger partial charge in [0.15, 0.2) is 11.5 Å². The van der Waals surface area contributed by atoms with Crippen LogP contribution in [0.1, 0.15) is 30.9 Å². The minimum absolute atomic E-state index is 0.0163. The van der Waals surface area contributed by atoms with Gasteiger partial charge in [0, 0.05) is 25.2 Å². The van der Waals surface area contributed by atoms with Crippen LogP contribution < -0.4 is 19.1 Å². The molecule has 2 amide bonds. The Labute approximate surface area is 182 Å². The fourth-order valence-electron chi connectivity index (χ4n) is 4.56. The molecule has 2 saturated heterocycles. The Morgan fingerprint density at radius 1 is 0.968 bits per heavy atom. The van der Waals surface area contributed by atoms with E-state index in [0.29, 0.717) is 24.6 Å². The second-order valence-corrected chi connectivity index (χ2v) is 7.91. The van der Waals surface area contributed by atoms with Crippen molar-refractivity contribution in [1.82, 2.24) is 4.90 Å². The van der Waals surface area contributed by atoms with Crippen molar-refractivity contribution in [2.24, 2.45) is 5.92 Å². The van der Waals surface area contributed by atoms with E-state index in [4.69, 9.17) is 14.2 Å². The van der Waals surface area contributed by atoms with E-state index in [1.807, 2.05) is 47.4 Å². The summed E-state index contributed by atoms with van der Waals surface area (Å²) in [6, 6.07) is 13.1. The average molecular weight is 424 g/mol. The number of benzene rings is 2. The van der Waals surface area contributed by atoms with Crippen LogP contribution in [0.5, 0.6) is 17.2 Å². The summed E-state index contributed by atoms with van der Waals surface area (Å²) in [5.74, 6) is 1.74. The molecule has 2 aromatic rings. The third-order valence-electron chi connectivity index (χ3n) is 6.19. The van der Waals surface area contributed by atoms with Crippen molar-refractivity contribution < 1.29 is 23.8 Å². The van der Waals surface area contributed by atoms with Crippen LogP contribution in [0.15, 0.2) is 42.5 Å². The van der Waals surface area contributed by atoms with Crippen molar-refractivity contribution in [2.45, 2.75) is 25.3 Å². The molecule has 0 saturated carbocycles. The second kappa shape index (κ2) is 8.88. The first-order chi connectivity index (χ1) is 15.0. The zero-order valence-corrected chi connectivity index (χ0v) is 18.2. The lowest BCUT2D eigenvalue weighted by Crippen LogP contribution is -2.37. The highest BCUT2D eigenvalue weighted by Gasteiger charge is 2.40. The number of carbonyl (C=O) groups excluding carboxylic acids is 2. The first kappa shape index (κ1) is 21.0. The maximum Gasteiger partial charge on any atom is 0.228 e. The van der Waals surface area contributed by atoms with Crippen molar-refractivity contribution in [3.05, 3.63) is 48.0 Å². The second-order valence-electron chi connectivity index (χ2n) is 7.91. The lowest BCUT2D eigenvalue weighted by atomic mass is 10.0. The number of amides is 2. The smallest absolute Gasteiger partial charge is 0.228 e. The van der Waals surface area contributed by atoms with Crippen LogP contribution in [0.4, 0.5) is 5.69 Å². The Morgan fingerprint density at radius 3 is 2.39 bits per heavy atom. The van der Waals surface area contributed by atoms with E-state index >= 15 is 0 Å². The Balaban J connectivity index is 1.50. The van der Waals surface area contributed by atoms with Gasteiger partial charge in [0.2, 0.25) is 11.8 Å². The molecule has 164 valence electrons. The fourth-order valence-corrected chi connectivity index (χ4v) is 4.56. The molecule has 31 heavy (non-hydrogen) atoms. The van der Waals surface area contributed by atoms with Crippen LogP contribution in [0, 0.1) is 5.92 Å². The van der Waals surface area contributed by atoms with Gasteiger partial charge in [-0.05, 0) is 54.8 Å². The van der Waals surface area contributed by atoms with Crippen LogP contribution in [-0.4, -0.2) is 51.1 Å². The number of carbonyl (C=O) groups is 2. The van der Waals surface area contributed by atoms with Gasteiger partial charge in [0.05, 0.1) is 33.3 Å². The largest absolute Gasteiger partial charge is 0.497 e. The molecule has 0 radical (unpaired) electrons. The van der Waals surface area contributed by atoms with E-state index in [1.165, 1.54) is 0 Å². The fraction of sp³-hybridized carbons (Fsp3) is 0.417. The molecule has 2 unspecified atom stereocenters. The molecule has 2 fully saturated rings. The molecule has 0 bridgehead atoms. The summed E-state index contributed by atoms with van der Waals surface area (Å²) in [4.78, 5) is 29.7. The molecule has 2 heterocycles. The summed E-state index contributed by atoms with van der Waals surface area (Å²) in [5, 5.41) is 0. The summed E-state index contributed by atoms with van der Waals surface area (Å²) in [6.45, 7) is 1.10. The molecule has 4 rings (SSSR count). The Kier molecular flexibility index (Phi) is 6.02. The summed E-state index contributed by atoms with van der Waals surface area (Å²) < 4.78 is 16.0. The van der Waals surface area contributed by atoms with Gasteiger partial charge in [0.1, 0.15) is 5.75 Å². The van der Waals surface area contributed by atoms with Gasteiger partial charge in [-0.1, -0.05) is 6.07 Å². The van der Waals surface area contributed by atoms with E-state index < -0.39 is 0 Å². The van der Waals surface area contributed by atoms with E-state index in [1.54, 1.807) is 26.2 Å². The third-order valence-corrected chi connectivity index (χ3v) is 6.19. The quantitative estimate of drug-likeness (QED) is 0.711. The molecule has 0 aliphatic carbocycles. The highest BCUT2D eigenvalue weighted by atomic mass is 16.5. The number of likely N-dealkylation sites (tertiary alicyclic amines) is 1. The molecule has 0 N–H and O–H groups in total. The molecular formula is C24H28N2O5. The van der Waals surface area contributed by atoms with E-state index in [0.717, 1.165) is 29.8 Å². The van der Waals surface area contributed by atoms with Gasteiger partial charge < -0.3 is 24.0 Å². The van der Waals surface area contributed by atoms with Crippen molar-refractivity contribution in [3.63, 3.8) is 0 Å². The van der Waals surface area contributed by atoms with Gasteiger partial charge in [-0.15, -0.1) is 0 Å². The monoisotopic (exact) mass is 424 g/mol. The van der Waals surface area contributed by atoms with Crippen LogP contribution in [0.3, 0.4) is 0 Å². The lowest BCUT2D eigenvalue weighted by Gasteiger charge is -2.28. The highest BCUT2D eigenvalue weighted by Crippen LogP contribution is 2.38. The van der Waals surface area contributed by atoms with Crippen LogP contribution in [-0.2, 0) is 9.59 Å². The summed E-state index contributed by atoms with van der Waals surface area (Å²) >= 11 is 0. The van der Waals surface area contributed by atoms with E-state index in [9.17, 15) is 9.59 Å². The van der Waals surface area contributed by atoms with Gasteiger partial charge in [0.25, 0.3) is 0 Å². The van der Waals surface area contributed by atoms with E-state index in [2.05, 4.69) is 0 Å². The highest BCUT2D eigenvalue weighted by molar-refractivity contribution is 6.00. The molecule has 2 aliphatic rings. The maximum atomic E-state index is 13.4. The molecule has 2 atom stereocenters. The number of methoxy groups -OCH3 is 3. The first-order valence-electron chi connectivity index (χ1n) is 10.5. The molecule has 0 aromatic heterocycles. The van der Waals surface area contributed by atoms with Gasteiger partial charge >= 0.3 is 0 Å². The SMILES string of the molecule is COc1ccc(N2CC(C(=O)N3CCCC3c3ccc(OC)c(OC)c3)CC2=O)cc1. The molecule has 2 aromatic carbocycles. The zero-order valence-electron chi connectivity index (χ0n) is 18.2. The maximum absolute atomic E-state index is 13.4. The molecule has 7 heteroatoms. The number of anilines is 1. The van der Waals surface area contributed by atoms with Crippen LogP contribution >= 0.6 is 0 Å². The summed E-state index contributed by atoms with van der Waals surface area (Å²) in [7, 11) is 4.82. The zero-order chi connectivity index (χ0) is 22.0. The predicted molar refractivity (Wildman–Crippen MR) is 117 cm³/mol. The van der Waals surface area contributed by atoms with Gasteiger partial charge in [-0.2, -0.15) is 0 Å². The minimum atomic E-state index is -0.338. The standard InChI is InChI=1S/C24H28N2O5/c1-29-19-9-7-18(8-10-19)26-15-17(14-23(26)27)24(28)25-12-4-5-20(25)16-6-11-21(30-2)22(13-16)31-3/h6-11,13,17,20H,4-5,12,14-15H2,1-3H3. The van der Waals surface area contributed by atoms with Crippen molar-refractivity contribution in [3.8, 4) is 17.2 Å². The Hall–Kier alpha value is -3.22. The van der Waals surface area contributed by atoms with E-state index in [-0.39, 0.29) is 30.2 Å². The normalized spacial score (nSPS) is 20.8. The topological polar surface area (TPSA) is 68.3 Å². The number of rotatable bonds is 6. The number of ether oxygens (including phenoxy) is 3. The third kappa shape index (κ3) is 4.04. The molecular weight excluding hydrogens is 396 g/mol. The average Bonchev–Trinajstić information content (AvgIpc) is 3.45. The molecule has 0 spiro atoms. The molecule has 2 aliphatic heterocycles. The summed E-state index contributed by atoms with van der Waals surface area (Å²) in [5.41, 5.74) is 1.82. The minimum Gasteiger partial charge on any atom is -0.497 e. The van der Waals surface area contributed by atoms with Crippen LogP contribution in [0.25, 0.3) is 0 Å². The number of hydrogen-bond acceptors (Lipinski definition) is 5. The van der Waals surface area contributed by atoms with Crippen molar-refractivity contribution >= 4 is 17.5 Å². The first-order valence-corrected chi connectivity index (χ1v) is 10.5. The van der Waals surface area contributed by atoms with Crippen molar-refractivity contribution in [2.75, 3.05) is 39.3 Å². The number of nitrogens with zero attached hydrogens (tertiary/aromatic N) is 2. The number of hydrogen-bond donors (Lipinski definition) is 0. The summed E-state index contributed by atoms with van der Waals surface area (Å²) in [6.07, 6.45) is 2.07. The van der Waals surface area contributed by atoms with Gasteiger partial charge in [-0.3, -0.25) is 9.59 Å². The lowest BCUT2D eigenvalue weighted by molar-refractivity contribution is -0.136. The predicted octanol–water partition coefficient (Wildman–Crippen LogP) is 3.43. The van der Waals surface area contributed by atoms with Gasteiger partial charge in [-0.25, -0.2) is 0 Å².